The number of hydrogen-bond acceptors (Lipinski definition) is 4. The maximum absolute atomic E-state index is 12.4. The minimum atomic E-state index is -0.593. The molecule has 0 spiro atoms. The van der Waals surface area contributed by atoms with Gasteiger partial charge in [0, 0.05) is 7.05 Å². The second-order valence-electron chi connectivity index (χ2n) is 4.02. The number of aryl methyl sites for hydroxylation is 1. The van der Waals surface area contributed by atoms with Gasteiger partial charge in [0.2, 0.25) is 0 Å². The van der Waals surface area contributed by atoms with Crippen LogP contribution in [0.3, 0.4) is 0 Å². The van der Waals surface area contributed by atoms with Crippen molar-refractivity contribution >= 4 is 17.0 Å². The molecule has 21 heavy (non-hydrogen) atoms. The van der Waals surface area contributed by atoms with Gasteiger partial charge in [-0.1, -0.05) is 26.0 Å². The van der Waals surface area contributed by atoms with Crippen molar-refractivity contribution in [3.05, 3.63) is 40.4 Å². The summed E-state index contributed by atoms with van der Waals surface area (Å²) < 4.78 is 6.09. The predicted octanol–water partition coefficient (Wildman–Crippen LogP) is 2.46. The molecule has 0 aliphatic heterocycles. The molecule has 1 aromatic carbocycles. The van der Waals surface area contributed by atoms with Crippen molar-refractivity contribution in [3.63, 3.8) is 0 Å². The van der Waals surface area contributed by atoms with E-state index in [1.54, 1.807) is 32.0 Å². The van der Waals surface area contributed by atoms with Crippen molar-refractivity contribution in [2.75, 3.05) is 18.7 Å². The van der Waals surface area contributed by atoms with E-state index in [9.17, 15) is 9.59 Å². The second kappa shape index (κ2) is 7.42. The zero-order valence-electron chi connectivity index (χ0n) is 13.1. The van der Waals surface area contributed by atoms with Crippen LogP contribution in [-0.2, 0) is 4.74 Å². The average Bonchev–Trinajstić information content (AvgIpc) is 2.49. The van der Waals surface area contributed by atoms with E-state index < -0.39 is 6.09 Å². The second-order valence-corrected chi connectivity index (χ2v) is 4.02. The van der Waals surface area contributed by atoms with E-state index >= 15 is 0 Å². The Morgan fingerprint density at radius 3 is 2.57 bits per heavy atom. The highest BCUT2D eigenvalue weighted by molar-refractivity contribution is 5.80. The van der Waals surface area contributed by atoms with Gasteiger partial charge in [0.05, 0.1) is 17.5 Å². The molecule has 0 fully saturated rings. The molecule has 0 aliphatic carbocycles. The summed E-state index contributed by atoms with van der Waals surface area (Å²) in [5.74, 6) is 0.430. The van der Waals surface area contributed by atoms with Gasteiger partial charge >= 0.3 is 6.09 Å². The summed E-state index contributed by atoms with van der Waals surface area (Å²) in [5.41, 5.74) is 0.317. The minimum Gasteiger partial charge on any atom is -0.448 e. The molecule has 0 radical (unpaired) electrons. The third kappa shape index (κ3) is 3.39. The fraction of sp³-hybridized carbons (Fsp3) is 0.400. The van der Waals surface area contributed by atoms with E-state index in [0.29, 0.717) is 16.7 Å². The van der Waals surface area contributed by atoms with Crippen LogP contribution in [0, 0.1) is 6.92 Å². The van der Waals surface area contributed by atoms with Crippen LogP contribution in [0.2, 0.25) is 0 Å². The Hall–Kier alpha value is -2.37. The summed E-state index contributed by atoms with van der Waals surface area (Å²) in [6.45, 7) is 7.63. The van der Waals surface area contributed by atoms with Gasteiger partial charge < -0.3 is 4.74 Å². The first-order valence-corrected chi connectivity index (χ1v) is 6.95. The summed E-state index contributed by atoms with van der Waals surface area (Å²) in [7, 11) is 1.48. The molecule has 0 unspecified atom stereocenters. The molecular formula is C15H21N3O3. The number of carbonyl (C=O) groups is 1. The SMILES string of the molecule is CC.CCOC(=O)N(C)n1c(C)nc2ccccc2c1=O. The Kier molecular flexibility index (Phi) is 5.90. The molecule has 6 nitrogen and oxygen atoms in total. The number of amides is 1. The Morgan fingerprint density at radius 1 is 1.33 bits per heavy atom. The highest BCUT2D eigenvalue weighted by Gasteiger charge is 2.17. The smallest absolute Gasteiger partial charge is 0.428 e. The monoisotopic (exact) mass is 291 g/mol. The molecule has 0 saturated heterocycles. The fourth-order valence-electron chi connectivity index (χ4n) is 1.89. The largest absolute Gasteiger partial charge is 0.448 e. The van der Waals surface area contributed by atoms with Crippen molar-refractivity contribution in [1.29, 1.82) is 0 Å². The van der Waals surface area contributed by atoms with Gasteiger partial charge in [0.15, 0.2) is 0 Å². The van der Waals surface area contributed by atoms with Crippen LogP contribution in [0.5, 0.6) is 0 Å². The lowest BCUT2D eigenvalue weighted by Gasteiger charge is -2.20. The zero-order chi connectivity index (χ0) is 16.0. The van der Waals surface area contributed by atoms with Crippen LogP contribution in [0.4, 0.5) is 4.79 Å². The molecule has 1 amide bonds. The molecule has 114 valence electrons. The van der Waals surface area contributed by atoms with E-state index in [-0.39, 0.29) is 12.2 Å². The first-order chi connectivity index (χ1) is 10.1. The van der Waals surface area contributed by atoms with Gasteiger partial charge in [-0.25, -0.2) is 14.8 Å². The Labute approximate surface area is 123 Å². The zero-order valence-corrected chi connectivity index (χ0v) is 13.1. The lowest BCUT2D eigenvalue weighted by molar-refractivity contribution is 0.154. The van der Waals surface area contributed by atoms with Crippen LogP contribution < -0.4 is 10.6 Å². The number of ether oxygens (including phenoxy) is 1. The number of carbonyl (C=O) groups excluding carboxylic acids is 1. The third-order valence-electron chi connectivity index (χ3n) is 2.75. The van der Waals surface area contributed by atoms with Crippen molar-refractivity contribution in [3.8, 4) is 0 Å². The minimum absolute atomic E-state index is 0.248. The Bertz CT molecular complexity index is 679. The molecule has 0 aliphatic rings. The topological polar surface area (TPSA) is 64.4 Å². The van der Waals surface area contributed by atoms with Crippen LogP contribution >= 0.6 is 0 Å². The first kappa shape index (κ1) is 16.7. The molecule has 2 aromatic rings. The summed E-state index contributed by atoms with van der Waals surface area (Å²) in [4.78, 5) is 28.4. The van der Waals surface area contributed by atoms with E-state index in [4.69, 9.17) is 4.74 Å². The van der Waals surface area contributed by atoms with Crippen LogP contribution in [-0.4, -0.2) is 29.4 Å². The Morgan fingerprint density at radius 2 is 1.95 bits per heavy atom. The number of aromatic nitrogens is 2. The quantitative estimate of drug-likeness (QED) is 0.852. The average molecular weight is 291 g/mol. The van der Waals surface area contributed by atoms with Crippen molar-refractivity contribution in [2.45, 2.75) is 27.7 Å². The summed E-state index contributed by atoms with van der Waals surface area (Å²) in [5, 5.41) is 1.59. The van der Waals surface area contributed by atoms with Gasteiger partial charge in [0.25, 0.3) is 5.56 Å². The molecular weight excluding hydrogens is 270 g/mol. The summed E-state index contributed by atoms with van der Waals surface area (Å²) >= 11 is 0. The molecule has 2 rings (SSSR count). The number of hydrogen-bond donors (Lipinski definition) is 0. The predicted molar refractivity (Wildman–Crippen MR) is 83.3 cm³/mol. The fourth-order valence-corrected chi connectivity index (χ4v) is 1.89. The van der Waals surface area contributed by atoms with Gasteiger partial charge in [-0.3, -0.25) is 4.79 Å². The molecule has 6 heteroatoms. The Balaban J connectivity index is 0.00000106. The first-order valence-electron chi connectivity index (χ1n) is 6.95. The number of benzene rings is 1. The molecule has 1 aromatic heterocycles. The maximum atomic E-state index is 12.4. The number of rotatable bonds is 2. The van der Waals surface area contributed by atoms with Gasteiger partial charge in [-0.05, 0) is 26.0 Å². The van der Waals surface area contributed by atoms with E-state index in [0.717, 1.165) is 5.01 Å². The molecule has 0 N–H and O–H groups in total. The number of fused-ring (bicyclic) bond motifs is 1. The van der Waals surface area contributed by atoms with E-state index in [2.05, 4.69) is 4.98 Å². The third-order valence-corrected chi connectivity index (χ3v) is 2.75. The van der Waals surface area contributed by atoms with Crippen molar-refractivity contribution in [2.24, 2.45) is 0 Å². The number of nitrogens with zero attached hydrogens (tertiary/aromatic N) is 3. The lowest BCUT2D eigenvalue weighted by Crippen LogP contribution is -2.45. The highest BCUT2D eigenvalue weighted by Crippen LogP contribution is 2.07. The summed E-state index contributed by atoms with van der Waals surface area (Å²) in [6.07, 6.45) is -0.593. The molecule has 0 saturated carbocycles. The van der Waals surface area contributed by atoms with Gasteiger partial charge in [-0.15, -0.1) is 0 Å². The molecule has 1 heterocycles. The molecule has 0 atom stereocenters. The van der Waals surface area contributed by atoms with Gasteiger partial charge in [-0.2, -0.15) is 4.68 Å². The maximum Gasteiger partial charge on any atom is 0.428 e. The van der Waals surface area contributed by atoms with Crippen LogP contribution in [0.25, 0.3) is 10.9 Å². The van der Waals surface area contributed by atoms with E-state index in [1.165, 1.54) is 11.7 Å². The lowest BCUT2D eigenvalue weighted by atomic mass is 10.2. The van der Waals surface area contributed by atoms with Crippen LogP contribution in [0.1, 0.15) is 26.6 Å². The normalized spacial score (nSPS) is 9.76. The summed E-state index contributed by atoms with van der Waals surface area (Å²) in [6, 6.07) is 7.01. The standard InChI is InChI=1S/C13H15N3O3.C2H6/c1-4-19-13(18)15(3)16-9(2)14-11-8-6-5-7-10(11)12(16)17;1-2/h5-8H,4H2,1-3H3;1-2H3. The van der Waals surface area contributed by atoms with Crippen LogP contribution in [0.15, 0.2) is 29.1 Å². The van der Waals surface area contributed by atoms with Gasteiger partial charge in [0.1, 0.15) is 5.82 Å². The molecule has 0 bridgehead atoms. The van der Waals surface area contributed by atoms with Crippen molar-refractivity contribution in [1.82, 2.24) is 9.66 Å². The highest BCUT2D eigenvalue weighted by atomic mass is 16.6. The van der Waals surface area contributed by atoms with E-state index in [1.807, 2.05) is 19.9 Å². The number of para-hydroxylation sites is 1. The van der Waals surface area contributed by atoms with Crippen molar-refractivity contribution < 1.29 is 9.53 Å².